The summed E-state index contributed by atoms with van der Waals surface area (Å²) < 4.78 is 5.65. The first kappa shape index (κ1) is 13.3. The molecule has 1 aliphatic carbocycles. The Balaban J connectivity index is 1.53. The molecule has 0 bridgehead atoms. The fourth-order valence-corrected chi connectivity index (χ4v) is 4.36. The molecule has 1 amide bonds. The Morgan fingerprint density at radius 3 is 3.19 bits per heavy atom. The van der Waals surface area contributed by atoms with E-state index < -0.39 is 0 Å². The molecule has 3 heterocycles. The van der Waals surface area contributed by atoms with Crippen LogP contribution in [-0.4, -0.2) is 46.8 Å². The number of nitrogens with one attached hydrogen (secondary N) is 1. The van der Waals surface area contributed by atoms with Crippen LogP contribution in [0.2, 0.25) is 0 Å². The van der Waals surface area contributed by atoms with Gasteiger partial charge < -0.3 is 9.64 Å². The van der Waals surface area contributed by atoms with Gasteiger partial charge in [-0.2, -0.15) is 5.10 Å². The van der Waals surface area contributed by atoms with Crippen molar-refractivity contribution in [2.75, 3.05) is 19.8 Å². The van der Waals surface area contributed by atoms with Crippen LogP contribution < -0.4 is 0 Å². The third-order valence-electron chi connectivity index (χ3n) is 5.68. The maximum absolute atomic E-state index is 13.0. The van der Waals surface area contributed by atoms with E-state index in [4.69, 9.17) is 4.74 Å². The van der Waals surface area contributed by atoms with E-state index in [1.807, 2.05) is 6.20 Å². The highest BCUT2D eigenvalue weighted by Gasteiger charge is 2.52. The third-order valence-corrected chi connectivity index (χ3v) is 5.68. The summed E-state index contributed by atoms with van der Waals surface area (Å²) in [5.41, 5.74) is 2.60. The highest BCUT2D eigenvalue weighted by atomic mass is 16.5. The van der Waals surface area contributed by atoms with Crippen LogP contribution in [0.4, 0.5) is 0 Å². The summed E-state index contributed by atoms with van der Waals surface area (Å²) in [6.07, 6.45) is 4.61. The van der Waals surface area contributed by atoms with Crippen molar-refractivity contribution in [3.8, 4) is 0 Å². The molecule has 5 heteroatoms. The molecule has 3 atom stereocenters. The predicted octanol–water partition coefficient (Wildman–Crippen LogP) is 1.40. The Kier molecular flexibility index (Phi) is 2.89. The smallest absolute Gasteiger partial charge is 0.226 e. The van der Waals surface area contributed by atoms with Crippen molar-refractivity contribution < 1.29 is 9.53 Å². The van der Waals surface area contributed by atoms with Crippen LogP contribution in [0.25, 0.3) is 0 Å². The van der Waals surface area contributed by atoms with Gasteiger partial charge in [0, 0.05) is 30.5 Å². The van der Waals surface area contributed by atoms with Crippen molar-refractivity contribution in [2.45, 2.75) is 39.2 Å². The first-order chi connectivity index (χ1) is 10.1. The number of aromatic nitrogens is 2. The number of likely N-dealkylation sites (tertiary alicyclic amines) is 1. The minimum atomic E-state index is 0.105. The zero-order valence-electron chi connectivity index (χ0n) is 12.8. The quantitative estimate of drug-likeness (QED) is 0.850. The first-order valence-corrected chi connectivity index (χ1v) is 7.95. The van der Waals surface area contributed by atoms with Crippen LogP contribution in [0, 0.1) is 17.3 Å². The number of rotatable bonds is 1. The summed E-state index contributed by atoms with van der Waals surface area (Å²) in [4.78, 5) is 15.1. The molecule has 0 aromatic carbocycles. The molecule has 1 N–H and O–H groups in total. The number of nitrogens with zero attached hydrogens (tertiary/aromatic N) is 2. The summed E-state index contributed by atoms with van der Waals surface area (Å²) in [5.74, 6) is 0.919. The zero-order valence-corrected chi connectivity index (χ0v) is 12.8. The van der Waals surface area contributed by atoms with Gasteiger partial charge in [-0.25, -0.2) is 0 Å². The molecule has 2 fully saturated rings. The fourth-order valence-electron chi connectivity index (χ4n) is 4.36. The number of aromatic amines is 1. The summed E-state index contributed by atoms with van der Waals surface area (Å²) >= 11 is 0. The summed E-state index contributed by atoms with van der Waals surface area (Å²) in [5, 5.41) is 7.15. The van der Waals surface area contributed by atoms with Gasteiger partial charge in [-0.15, -0.1) is 0 Å². The number of fused-ring (bicyclic) bond motifs is 2. The Morgan fingerprint density at radius 1 is 1.48 bits per heavy atom. The van der Waals surface area contributed by atoms with Crippen LogP contribution in [-0.2, 0) is 22.4 Å². The topological polar surface area (TPSA) is 58.2 Å². The lowest BCUT2D eigenvalue weighted by atomic mass is 9.80. The Morgan fingerprint density at radius 2 is 2.33 bits per heavy atom. The van der Waals surface area contributed by atoms with E-state index in [1.54, 1.807) is 0 Å². The highest BCUT2D eigenvalue weighted by Crippen LogP contribution is 2.44. The van der Waals surface area contributed by atoms with E-state index in [0.717, 1.165) is 38.1 Å². The molecule has 0 radical (unpaired) electrons. The highest BCUT2D eigenvalue weighted by molar-refractivity contribution is 5.80. The summed E-state index contributed by atoms with van der Waals surface area (Å²) in [6, 6.07) is 0.288. The van der Waals surface area contributed by atoms with Crippen LogP contribution in [0.3, 0.4) is 0 Å². The Bertz CT molecular complexity index is 566. The number of ether oxygens (including phenoxy) is 1. The number of carbonyl (C=O) groups is 1. The normalized spacial score (nSPS) is 33.8. The van der Waals surface area contributed by atoms with Crippen LogP contribution >= 0.6 is 0 Å². The van der Waals surface area contributed by atoms with E-state index in [1.165, 1.54) is 5.56 Å². The van der Waals surface area contributed by atoms with Crippen molar-refractivity contribution >= 4 is 5.91 Å². The number of hydrogen-bond acceptors (Lipinski definition) is 3. The number of aryl methyl sites for hydroxylation is 1. The lowest BCUT2D eigenvalue weighted by Crippen LogP contribution is -2.43. The lowest BCUT2D eigenvalue weighted by Gasteiger charge is -2.30. The molecule has 3 aliphatic rings. The molecule has 0 saturated carbocycles. The second kappa shape index (κ2) is 4.57. The van der Waals surface area contributed by atoms with Gasteiger partial charge in [0.2, 0.25) is 5.91 Å². The van der Waals surface area contributed by atoms with Gasteiger partial charge in [0.1, 0.15) is 0 Å². The molecular weight excluding hydrogens is 266 g/mol. The van der Waals surface area contributed by atoms with Gasteiger partial charge in [0.15, 0.2) is 0 Å². The lowest BCUT2D eigenvalue weighted by molar-refractivity contribution is -0.137. The van der Waals surface area contributed by atoms with Gasteiger partial charge in [0.25, 0.3) is 0 Å². The fraction of sp³-hybridized carbons (Fsp3) is 0.750. The van der Waals surface area contributed by atoms with Gasteiger partial charge in [-0.3, -0.25) is 9.89 Å². The van der Waals surface area contributed by atoms with Gasteiger partial charge >= 0.3 is 0 Å². The molecule has 4 rings (SSSR count). The summed E-state index contributed by atoms with van der Waals surface area (Å²) in [6.45, 7) is 6.91. The molecular formula is C16H23N3O2. The second-order valence-corrected chi connectivity index (χ2v) is 7.48. The van der Waals surface area contributed by atoms with Crippen molar-refractivity contribution in [3.63, 3.8) is 0 Å². The molecule has 1 aromatic heterocycles. The molecule has 5 nitrogen and oxygen atoms in total. The number of hydrogen-bond donors (Lipinski definition) is 1. The zero-order chi connectivity index (χ0) is 14.6. The monoisotopic (exact) mass is 289 g/mol. The molecule has 2 aliphatic heterocycles. The van der Waals surface area contributed by atoms with E-state index in [2.05, 4.69) is 28.9 Å². The molecule has 1 unspecified atom stereocenters. The number of H-pyrrole nitrogens is 1. The van der Waals surface area contributed by atoms with Gasteiger partial charge in [-0.05, 0) is 23.8 Å². The second-order valence-electron chi connectivity index (χ2n) is 7.48. The van der Waals surface area contributed by atoms with E-state index >= 15 is 0 Å². The van der Waals surface area contributed by atoms with Crippen LogP contribution in [0.1, 0.15) is 31.5 Å². The molecule has 0 spiro atoms. The van der Waals surface area contributed by atoms with E-state index in [9.17, 15) is 4.79 Å². The maximum Gasteiger partial charge on any atom is 0.226 e. The standard InChI is InChI=1S/C16H23N3O2/c1-16(2)9-19(14-8-21-7-12(14)16)15(20)10-3-4-11-6-17-18-13(11)5-10/h6,10,12,14H,3-5,7-9H2,1-2H3,(H,17,18)/t10?,12-,14+/m0/s1. The van der Waals surface area contributed by atoms with Crippen molar-refractivity contribution in [2.24, 2.45) is 17.3 Å². The SMILES string of the molecule is CC1(C)CN(C(=O)C2CCc3cn[nH]c3C2)[C@@H]2COC[C@@H]21. The van der Waals surface area contributed by atoms with Crippen LogP contribution in [0.5, 0.6) is 0 Å². The van der Waals surface area contributed by atoms with Crippen LogP contribution in [0.15, 0.2) is 6.20 Å². The van der Waals surface area contributed by atoms with Gasteiger partial charge in [0.05, 0.1) is 25.5 Å². The Hall–Kier alpha value is -1.36. The first-order valence-electron chi connectivity index (χ1n) is 7.95. The molecule has 114 valence electrons. The van der Waals surface area contributed by atoms with Crippen molar-refractivity contribution in [1.82, 2.24) is 15.1 Å². The molecule has 21 heavy (non-hydrogen) atoms. The summed E-state index contributed by atoms with van der Waals surface area (Å²) in [7, 11) is 0. The average molecular weight is 289 g/mol. The van der Waals surface area contributed by atoms with Gasteiger partial charge in [-0.1, -0.05) is 13.8 Å². The van der Waals surface area contributed by atoms with Crippen molar-refractivity contribution in [1.29, 1.82) is 0 Å². The molecule has 2 saturated heterocycles. The third kappa shape index (κ3) is 2.01. The Labute approximate surface area is 125 Å². The maximum atomic E-state index is 13.0. The number of carbonyl (C=O) groups excluding carboxylic acids is 1. The van der Waals surface area contributed by atoms with E-state index in [0.29, 0.717) is 18.4 Å². The predicted molar refractivity (Wildman–Crippen MR) is 77.7 cm³/mol. The number of amides is 1. The average Bonchev–Trinajstić information content (AvgIpc) is 3.15. The van der Waals surface area contributed by atoms with Crippen molar-refractivity contribution in [3.05, 3.63) is 17.5 Å². The molecule has 1 aromatic rings. The minimum absolute atomic E-state index is 0.105. The van der Waals surface area contributed by atoms with E-state index in [-0.39, 0.29) is 17.4 Å². The largest absolute Gasteiger partial charge is 0.379 e. The minimum Gasteiger partial charge on any atom is -0.379 e.